The Morgan fingerprint density at radius 2 is 1.90 bits per heavy atom. The van der Waals surface area contributed by atoms with Crippen molar-refractivity contribution in [2.75, 3.05) is 5.32 Å². The zero-order valence-electron chi connectivity index (χ0n) is 10.6. The normalized spacial score (nSPS) is 29.6. The Balaban J connectivity index is 1.80. The maximum absolute atomic E-state index is 13.1. The molecule has 1 aromatic carbocycles. The van der Waals surface area contributed by atoms with Gasteiger partial charge in [0.25, 0.3) is 0 Å². The number of anilines is 1. The van der Waals surface area contributed by atoms with Crippen molar-refractivity contribution >= 4 is 29.2 Å². The monoisotopic (exact) mass is 311 g/mol. The van der Waals surface area contributed by atoms with Crippen molar-refractivity contribution in [3.05, 3.63) is 41.2 Å². The molecule has 110 valence electrons. The van der Waals surface area contributed by atoms with Gasteiger partial charge in [0.05, 0.1) is 23.1 Å². The first-order valence-corrected chi connectivity index (χ1v) is 6.67. The molecule has 4 atom stereocenters. The molecule has 2 aliphatic heterocycles. The fourth-order valence-electron chi connectivity index (χ4n) is 2.71. The first kappa shape index (κ1) is 14.0. The minimum atomic E-state index is -1.08. The Morgan fingerprint density at radius 3 is 2.52 bits per heavy atom. The molecule has 21 heavy (non-hydrogen) atoms. The highest BCUT2D eigenvalue weighted by Gasteiger charge is 2.53. The van der Waals surface area contributed by atoms with Crippen LogP contribution in [0.15, 0.2) is 30.4 Å². The second-order valence-corrected chi connectivity index (χ2v) is 5.37. The highest BCUT2D eigenvalue weighted by molar-refractivity contribution is 6.31. The number of carboxylic acids is 1. The standard InChI is InChI=1S/C14H11ClFNO4/c15-7-5-6(1-2-8(7)16)17-13(18)11-9-3-4-10(21-9)12(11)14(19)20/h1-5,9-12H,(H,17,18)(H,19,20). The van der Waals surface area contributed by atoms with Crippen LogP contribution >= 0.6 is 11.6 Å². The van der Waals surface area contributed by atoms with Crippen LogP contribution in [0.4, 0.5) is 10.1 Å². The van der Waals surface area contributed by atoms with Crippen molar-refractivity contribution in [3.63, 3.8) is 0 Å². The molecule has 2 aliphatic rings. The smallest absolute Gasteiger partial charge is 0.310 e. The third-order valence-electron chi connectivity index (χ3n) is 3.67. The van der Waals surface area contributed by atoms with Crippen LogP contribution < -0.4 is 5.32 Å². The van der Waals surface area contributed by atoms with Crippen LogP contribution in [0.1, 0.15) is 0 Å². The second kappa shape index (κ2) is 5.13. The number of carbonyl (C=O) groups is 2. The summed E-state index contributed by atoms with van der Waals surface area (Å²) in [5.74, 6) is -3.90. The number of aliphatic carboxylic acids is 1. The number of benzene rings is 1. The predicted molar refractivity (Wildman–Crippen MR) is 72.5 cm³/mol. The molecular weight excluding hydrogens is 301 g/mol. The Morgan fingerprint density at radius 1 is 1.24 bits per heavy atom. The van der Waals surface area contributed by atoms with E-state index in [9.17, 15) is 19.1 Å². The molecule has 3 rings (SSSR count). The third-order valence-corrected chi connectivity index (χ3v) is 3.96. The van der Waals surface area contributed by atoms with E-state index in [1.54, 1.807) is 12.2 Å². The average Bonchev–Trinajstić information content (AvgIpc) is 3.03. The molecule has 1 saturated heterocycles. The molecule has 0 aromatic heterocycles. The number of rotatable bonds is 3. The van der Waals surface area contributed by atoms with Crippen molar-refractivity contribution < 1.29 is 23.8 Å². The van der Waals surface area contributed by atoms with Crippen molar-refractivity contribution in [1.82, 2.24) is 0 Å². The lowest BCUT2D eigenvalue weighted by atomic mass is 9.82. The quantitative estimate of drug-likeness (QED) is 0.838. The fraction of sp³-hybridized carbons (Fsp3) is 0.286. The molecule has 1 amide bonds. The molecule has 5 nitrogen and oxygen atoms in total. The van der Waals surface area contributed by atoms with Crippen molar-refractivity contribution in [3.8, 4) is 0 Å². The number of carbonyl (C=O) groups excluding carboxylic acids is 1. The van der Waals surface area contributed by atoms with Gasteiger partial charge in [0.15, 0.2) is 0 Å². The van der Waals surface area contributed by atoms with Crippen LogP contribution in [0.5, 0.6) is 0 Å². The summed E-state index contributed by atoms with van der Waals surface area (Å²) in [4.78, 5) is 23.6. The van der Waals surface area contributed by atoms with Crippen molar-refractivity contribution in [2.24, 2.45) is 11.8 Å². The molecule has 2 heterocycles. The number of fused-ring (bicyclic) bond motifs is 2. The average molecular weight is 312 g/mol. The van der Waals surface area contributed by atoms with Crippen LogP contribution in [0.25, 0.3) is 0 Å². The van der Waals surface area contributed by atoms with Gasteiger partial charge in [0, 0.05) is 5.69 Å². The molecule has 0 radical (unpaired) electrons. The topological polar surface area (TPSA) is 75.6 Å². The lowest BCUT2D eigenvalue weighted by Gasteiger charge is -2.21. The Hall–Kier alpha value is -1.92. The highest BCUT2D eigenvalue weighted by Crippen LogP contribution is 2.39. The number of hydrogen-bond donors (Lipinski definition) is 2. The van der Waals surface area contributed by atoms with Gasteiger partial charge in [-0.15, -0.1) is 0 Å². The Labute approximate surface area is 124 Å². The van der Waals surface area contributed by atoms with E-state index < -0.39 is 41.7 Å². The maximum Gasteiger partial charge on any atom is 0.310 e. The van der Waals surface area contributed by atoms with E-state index in [0.717, 1.165) is 6.07 Å². The minimum absolute atomic E-state index is 0.119. The van der Waals surface area contributed by atoms with Crippen LogP contribution in [0, 0.1) is 17.7 Å². The summed E-state index contributed by atoms with van der Waals surface area (Å²) in [5.41, 5.74) is 0.308. The summed E-state index contributed by atoms with van der Waals surface area (Å²) in [7, 11) is 0. The minimum Gasteiger partial charge on any atom is -0.481 e. The molecule has 0 aliphatic carbocycles. The van der Waals surface area contributed by atoms with Crippen LogP contribution in [-0.4, -0.2) is 29.2 Å². The van der Waals surface area contributed by atoms with E-state index in [0.29, 0.717) is 5.69 Å². The Kier molecular flexibility index (Phi) is 3.43. The fourth-order valence-corrected chi connectivity index (χ4v) is 2.90. The number of halogens is 2. The van der Waals surface area contributed by atoms with Crippen LogP contribution in [-0.2, 0) is 14.3 Å². The maximum atomic E-state index is 13.1. The van der Waals surface area contributed by atoms with Crippen molar-refractivity contribution in [2.45, 2.75) is 12.2 Å². The van der Waals surface area contributed by atoms with Gasteiger partial charge >= 0.3 is 5.97 Å². The summed E-state index contributed by atoms with van der Waals surface area (Å²) >= 11 is 5.64. The number of amides is 1. The number of carboxylic acid groups (broad SMARTS) is 1. The zero-order chi connectivity index (χ0) is 15.1. The third kappa shape index (κ3) is 2.41. The van der Waals surface area contributed by atoms with Gasteiger partial charge in [0.2, 0.25) is 5.91 Å². The summed E-state index contributed by atoms with van der Waals surface area (Å²) in [6.07, 6.45) is 2.21. The van der Waals surface area contributed by atoms with Gasteiger partial charge in [-0.05, 0) is 18.2 Å². The van der Waals surface area contributed by atoms with E-state index in [1.165, 1.54) is 12.1 Å². The van der Waals surface area contributed by atoms with E-state index in [1.807, 2.05) is 0 Å². The van der Waals surface area contributed by atoms with Gasteiger partial charge in [0.1, 0.15) is 11.7 Å². The van der Waals surface area contributed by atoms with Gasteiger partial charge in [-0.3, -0.25) is 9.59 Å². The predicted octanol–water partition coefficient (Wildman–Crippen LogP) is 2.07. The van der Waals surface area contributed by atoms with Crippen molar-refractivity contribution in [1.29, 1.82) is 0 Å². The molecule has 7 heteroatoms. The van der Waals surface area contributed by atoms with Gasteiger partial charge < -0.3 is 15.2 Å². The molecule has 0 spiro atoms. The number of nitrogens with one attached hydrogen (secondary N) is 1. The van der Waals surface area contributed by atoms with E-state index in [-0.39, 0.29) is 5.02 Å². The van der Waals surface area contributed by atoms with E-state index >= 15 is 0 Å². The summed E-state index contributed by atoms with van der Waals surface area (Å²) in [6.45, 7) is 0. The van der Waals surface area contributed by atoms with E-state index in [2.05, 4.69) is 5.32 Å². The molecule has 2 N–H and O–H groups in total. The van der Waals surface area contributed by atoms with Gasteiger partial charge in [-0.25, -0.2) is 4.39 Å². The number of ether oxygens (including phenoxy) is 1. The second-order valence-electron chi connectivity index (χ2n) is 4.96. The molecule has 4 unspecified atom stereocenters. The lowest BCUT2D eigenvalue weighted by Crippen LogP contribution is -2.39. The highest BCUT2D eigenvalue weighted by atomic mass is 35.5. The Bertz CT molecular complexity index is 648. The van der Waals surface area contributed by atoms with E-state index in [4.69, 9.17) is 16.3 Å². The zero-order valence-corrected chi connectivity index (χ0v) is 11.4. The van der Waals surface area contributed by atoms with Crippen LogP contribution in [0.2, 0.25) is 5.02 Å². The molecule has 1 aromatic rings. The van der Waals surface area contributed by atoms with Gasteiger partial charge in [-0.1, -0.05) is 23.8 Å². The molecule has 2 bridgehead atoms. The molecular formula is C14H11ClFNO4. The summed E-state index contributed by atoms with van der Waals surface area (Å²) < 4.78 is 18.5. The first-order chi connectivity index (χ1) is 9.97. The molecule has 0 saturated carbocycles. The SMILES string of the molecule is O=C(O)C1C2C=CC(O2)C1C(=O)Nc1ccc(F)c(Cl)c1. The van der Waals surface area contributed by atoms with Gasteiger partial charge in [-0.2, -0.15) is 0 Å². The van der Waals surface area contributed by atoms with Crippen LogP contribution in [0.3, 0.4) is 0 Å². The molecule has 1 fully saturated rings. The lowest BCUT2D eigenvalue weighted by molar-refractivity contribution is -0.145. The summed E-state index contributed by atoms with van der Waals surface area (Å²) in [6, 6.07) is 3.76. The summed E-state index contributed by atoms with van der Waals surface area (Å²) in [5, 5.41) is 11.7. The number of hydrogen-bond acceptors (Lipinski definition) is 3. The first-order valence-electron chi connectivity index (χ1n) is 6.30. The largest absolute Gasteiger partial charge is 0.481 e.